The van der Waals surface area contributed by atoms with Crippen LogP contribution in [-0.4, -0.2) is 28.3 Å². The monoisotopic (exact) mass is 397 g/mol. The normalized spacial score (nSPS) is 10.4. The van der Waals surface area contributed by atoms with Crippen LogP contribution >= 0.6 is 23.1 Å². The summed E-state index contributed by atoms with van der Waals surface area (Å²) in [7, 11) is 0. The van der Waals surface area contributed by atoms with Gasteiger partial charge in [0.2, 0.25) is 11.8 Å². The van der Waals surface area contributed by atoms with Gasteiger partial charge in [-0.25, -0.2) is 4.98 Å². The smallest absolute Gasteiger partial charge is 0.234 e. The van der Waals surface area contributed by atoms with Crippen LogP contribution in [0.25, 0.3) is 10.6 Å². The molecule has 5 nitrogen and oxygen atoms in total. The van der Waals surface area contributed by atoms with Gasteiger partial charge in [0.15, 0.2) is 0 Å². The highest BCUT2D eigenvalue weighted by atomic mass is 32.2. The summed E-state index contributed by atoms with van der Waals surface area (Å²) in [5, 5.41) is 8.53. The second kappa shape index (κ2) is 9.34. The van der Waals surface area contributed by atoms with Crippen molar-refractivity contribution in [1.82, 2.24) is 4.98 Å². The third-order valence-corrected chi connectivity index (χ3v) is 5.40. The fourth-order valence-corrected chi connectivity index (χ4v) is 3.59. The highest BCUT2D eigenvalue weighted by Crippen LogP contribution is 2.23. The first kappa shape index (κ1) is 19.1. The van der Waals surface area contributed by atoms with Crippen LogP contribution in [0.2, 0.25) is 0 Å². The van der Waals surface area contributed by atoms with E-state index in [1.165, 1.54) is 11.8 Å². The van der Waals surface area contributed by atoms with Gasteiger partial charge >= 0.3 is 0 Å². The van der Waals surface area contributed by atoms with Crippen molar-refractivity contribution in [2.75, 3.05) is 22.1 Å². The molecular formula is C20H19N3O2S2. The van der Waals surface area contributed by atoms with Gasteiger partial charge in [-0.15, -0.1) is 23.1 Å². The summed E-state index contributed by atoms with van der Waals surface area (Å²) in [6.45, 7) is 1.99. The van der Waals surface area contributed by atoms with E-state index in [-0.39, 0.29) is 23.3 Å². The number of aryl methyl sites for hydroxylation is 1. The Morgan fingerprint density at radius 1 is 0.926 bits per heavy atom. The molecule has 0 atom stereocenters. The fourth-order valence-electron chi connectivity index (χ4n) is 2.33. The first-order chi connectivity index (χ1) is 13.1. The summed E-state index contributed by atoms with van der Waals surface area (Å²) >= 11 is 2.85. The number of rotatable bonds is 7. The van der Waals surface area contributed by atoms with E-state index in [0.29, 0.717) is 0 Å². The van der Waals surface area contributed by atoms with Crippen LogP contribution in [0.15, 0.2) is 60.1 Å². The number of thiazole rings is 1. The number of hydrogen-bond donors (Lipinski definition) is 2. The summed E-state index contributed by atoms with van der Waals surface area (Å²) in [5.74, 6) is 0.189. The number of nitrogens with one attached hydrogen (secondary N) is 2. The maximum absolute atomic E-state index is 12.0. The highest BCUT2D eigenvalue weighted by Gasteiger charge is 2.07. The molecule has 0 saturated heterocycles. The van der Waals surface area contributed by atoms with Crippen LogP contribution in [-0.2, 0) is 9.59 Å². The van der Waals surface area contributed by atoms with E-state index in [1.54, 1.807) is 17.5 Å². The van der Waals surface area contributed by atoms with Crippen LogP contribution in [0, 0.1) is 6.92 Å². The molecule has 2 amide bonds. The Morgan fingerprint density at radius 3 is 2.00 bits per heavy atom. The Bertz CT molecular complexity index is 892. The van der Waals surface area contributed by atoms with Gasteiger partial charge in [0.05, 0.1) is 11.5 Å². The van der Waals surface area contributed by atoms with E-state index in [0.717, 1.165) is 27.5 Å². The molecule has 0 radical (unpaired) electrons. The summed E-state index contributed by atoms with van der Waals surface area (Å²) in [4.78, 5) is 28.2. The Kier molecular flexibility index (Phi) is 6.62. The number of aromatic nitrogens is 1. The van der Waals surface area contributed by atoms with Crippen LogP contribution in [0.4, 0.5) is 11.4 Å². The molecule has 2 aromatic carbocycles. The van der Waals surface area contributed by atoms with Gasteiger partial charge in [0, 0.05) is 28.5 Å². The number of anilines is 2. The molecule has 138 valence electrons. The van der Waals surface area contributed by atoms with Gasteiger partial charge in [-0.05, 0) is 43.3 Å². The standard InChI is InChI=1S/C20H19N3O2S2/c1-14-2-6-16(7-3-14)22-18(24)12-26-13-19(25)23-17-8-4-15(5-9-17)20-21-10-11-27-20/h2-11H,12-13H2,1H3,(H,22,24)(H,23,25). The molecule has 0 saturated carbocycles. The molecule has 7 heteroatoms. The molecule has 1 heterocycles. The minimum atomic E-state index is -0.134. The molecule has 3 aromatic rings. The van der Waals surface area contributed by atoms with Crippen LogP contribution in [0.3, 0.4) is 0 Å². The lowest BCUT2D eigenvalue weighted by atomic mass is 10.2. The Balaban J connectivity index is 1.40. The van der Waals surface area contributed by atoms with Gasteiger partial charge in [0.1, 0.15) is 5.01 Å². The van der Waals surface area contributed by atoms with E-state index in [9.17, 15) is 9.59 Å². The molecular weight excluding hydrogens is 378 g/mol. The maximum Gasteiger partial charge on any atom is 0.234 e. The lowest BCUT2D eigenvalue weighted by molar-refractivity contribution is -0.114. The minimum absolute atomic E-state index is 0.121. The molecule has 2 N–H and O–H groups in total. The largest absolute Gasteiger partial charge is 0.325 e. The van der Waals surface area contributed by atoms with E-state index in [2.05, 4.69) is 15.6 Å². The number of nitrogens with zero attached hydrogens (tertiary/aromatic N) is 1. The molecule has 3 rings (SSSR count). The van der Waals surface area contributed by atoms with Crippen molar-refractivity contribution < 1.29 is 9.59 Å². The SMILES string of the molecule is Cc1ccc(NC(=O)CSCC(=O)Nc2ccc(-c3nccs3)cc2)cc1. The summed E-state index contributed by atoms with van der Waals surface area (Å²) in [5.41, 5.74) is 3.64. The van der Waals surface area contributed by atoms with Crippen molar-refractivity contribution in [2.24, 2.45) is 0 Å². The van der Waals surface area contributed by atoms with Crippen LogP contribution in [0.5, 0.6) is 0 Å². The third kappa shape index (κ3) is 5.94. The molecule has 0 spiro atoms. The Hall–Kier alpha value is -2.64. The number of carbonyl (C=O) groups excluding carboxylic acids is 2. The lowest BCUT2D eigenvalue weighted by Crippen LogP contribution is -2.18. The summed E-state index contributed by atoms with van der Waals surface area (Å²) in [6.07, 6.45) is 1.77. The molecule has 0 aliphatic carbocycles. The average molecular weight is 398 g/mol. The fraction of sp³-hybridized carbons (Fsp3) is 0.150. The zero-order valence-corrected chi connectivity index (χ0v) is 16.4. The quantitative estimate of drug-likeness (QED) is 0.619. The third-order valence-electron chi connectivity index (χ3n) is 3.65. The van der Waals surface area contributed by atoms with E-state index in [1.807, 2.05) is 60.8 Å². The number of hydrogen-bond acceptors (Lipinski definition) is 5. The van der Waals surface area contributed by atoms with Crippen molar-refractivity contribution in [3.05, 3.63) is 65.7 Å². The van der Waals surface area contributed by atoms with E-state index in [4.69, 9.17) is 0 Å². The summed E-state index contributed by atoms with van der Waals surface area (Å²) in [6, 6.07) is 15.2. The Morgan fingerprint density at radius 2 is 1.48 bits per heavy atom. The van der Waals surface area contributed by atoms with E-state index >= 15 is 0 Å². The molecule has 0 unspecified atom stereocenters. The van der Waals surface area contributed by atoms with E-state index < -0.39 is 0 Å². The molecule has 0 aliphatic heterocycles. The molecule has 0 aliphatic rings. The number of carbonyl (C=O) groups is 2. The first-order valence-electron chi connectivity index (χ1n) is 8.34. The molecule has 0 fully saturated rings. The average Bonchev–Trinajstić information content (AvgIpc) is 3.19. The van der Waals surface area contributed by atoms with Crippen molar-refractivity contribution >= 4 is 46.3 Å². The first-order valence-corrected chi connectivity index (χ1v) is 10.4. The predicted octanol–water partition coefficient (Wildman–Crippen LogP) is 4.43. The van der Waals surface area contributed by atoms with Gasteiger partial charge in [-0.2, -0.15) is 0 Å². The minimum Gasteiger partial charge on any atom is -0.325 e. The van der Waals surface area contributed by atoms with Crippen LogP contribution in [0.1, 0.15) is 5.56 Å². The van der Waals surface area contributed by atoms with Gasteiger partial charge in [0.25, 0.3) is 0 Å². The predicted molar refractivity (Wildman–Crippen MR) is 113 cm³/mol. The number of amides is 2. The maximum atomic E-state index is 12.0. The zero-order chi connectivity index (χ0) is 19.1. The Labute approximate surface area is 166 Å². The van der Waals surface area contributed by atoms with Gasteiger partial charge in [-0.3, -0.25) is 9.59 Å². The van der Waals surface area contributed by atoms with Crippen molar-refractivity contribution in [3.63, 3.8) is 0 Å². The molecule has 27 heavy (non-hydrogen) atoms. The second-order valence-electron chi connectivity index (χ2n) is 5.87. The van der Waals surface area contributed by atoms with Crippen molar-refractivity contribution in [3.8, 4) is 10.6 Å². The van der Waals surface area contributed by atoms with Gasteiger partial charge < -0.3 is 10.6 Å². The topological polar surface area (TPSA) is 71.1 Å². The zero-order valence-electron chi connectivity index (χ0n) is 14.8. The second-order valence-corrected chi connectivity index (χ2v) is 7.75. The lowest BCUT2D eigenvalue weighted by Gasteiger charge is -2.07. The van der Waals surface area contributed by atoms with Crippen molar-refractivity contribution in [2.45, 2.75) is 6.92 Å². The molecule has 1 aromatic heterocycles. The van der Waals surface area contributed by atoms with Crippen LogP contribution < -0.4 is 10.6 Å². The van der Waals surface area contributed by atoms with Crippen molar-refractivity contribution in [1.29, 1.82) is 0 Å². The number of thioether (sulfide) groups is 1. The summed E-state index contributed by atoms with van der Waals surface area (Å²) < 4.78 is 0. The molecule has 0 bridgehead atoms. The van der Waals surface area contributed by atoms with Gasteiger partial charge in [-0.1, -0.05) is 17.7 Å². The highest BCUT2D eigenvalue weighted by molar-refractivity contribution is 8.00. The number of benzene rings is 2.